The number of fused-ring (bicyclic) bond motifs is 1. The molecular weight excluding hydrogens is 372 g/mol. The summed E-state index contributed by atoms with van der Waals surface area (Å²) in [5.74, 6) is 0.698. The number of ether oxygens (including phenoxy) is 1. The number of rotatable bonds is 4. The number of aromatic nitrogens is 4. The highest BCUT2D eigenvalue weighted by atomic mass is 79.9. The van der Waals surface area contributed by atoms with Gasteiger partial charge in [-0.05, 0) is 33.5 Å². The van der Waals surface area contributed by atoms with Gasteiger partial charge in [-0.25, -0.2) is 4.68 Å². The number of benzene rings is 1. The minimum Gasteiger partial charge on any atom is -0.619 e. The summed E-state index contributed by atoms with van der Waals surface area (Å²) in [5, 5.41) is 19.6. The second kappa shape index (κ2) is 6.39. The van der Waals surface area contributed by atoms with Crippen LogP contribution in [0.15, 0.2) is 41.1 Å². The van der Waals surface area contributed by atoms with Crippen LogP contribution in [0.2, 0.25) is 0 Å². The molecule has 0 bridgehead atoms. The lowest BCUT2D eigenvalue weighted by atomic mass is 9.97. The van der Waals surface area contributed by atoms with Gasteiger partial charge in [0.15, 0.2) is 12.4 Å². The van der Waals surface area contributed by atoms with Crippen LogP contribution < -0.4 is 9.47 Å². The van der Waals surface area contributed by atoms with Crippen LogP contribution >= 0.6 is 15.9 Å². The van der Waals surface area contributed by atoms with Crippen molar-refractivity contribution in [2.75, 3.05) is 0 Å². The summed E-state index contributed by atoms with van der Waals surface area (Å²) in [6.45, 7) is 7.66. The molecule has 7 heteroatoms. The minimum absolute atomic E-state index is 0.119. The van der Waals surface area contributed by atoms with Crippen molar-refractivity contribution in [3.8, 4) is 5.75 Å². The van der Waals surface area contributed by atoms with Crippen LogP contribution in [0.3, 0.4) is 0 Å². The Morgan fingerprint density at radius 2 is 1.92 bits per heavy atom. The van der Waals surface area contributed by atoms with Gasteiger partial charge in [0.05, 0.1) is 9.99 Å². The molecule has 3 rings (SSSR count). The van der Waals surface area contributed by atoms with E-state index in [2.05, 4.69) is 47.0 Å². The summed E-state index contributed by atoms with van der Waals surface area (Å²) in [6.07, 6.45) is 2.91. The van der Waals surface area contributed by atoms with Crippen molar-refractivity contribution in [3.63, 3.8) is 0 Å². The predicted molar refractivity (Wildman–Crippen MR) is 94.4 cm³/mol. The van der Waals surface area contributed by atoms with Crippen LogP contribution in [0.4, 0.5) is 0 Å². The lowest BCUT2D eigenvalue weighted by molar-refractivity contribution is -0.605. The Hall–Kier alpha value is -2.15. The van der Waals surface area contributed by atoms with Crippen LogP contribution in [0.1, 0.15) is 26.3 Å². The highest BCUT2D eigenvalue weighted by Gasteiger charge is 2.17. The second-order valence-corrected chi connectivity index (χ2v) is 7.70. The van der Waals surface area contributed by atoms with Crippen molar-refractivity contribution in [1.29, 1.82) is 0 Å². The molecule has 0 radical (unpaired) electrons. The standard InChI is InChI=1S/C17H19BrN4O2/c1-17(2,3)11-22-13-4-5-14(15(18)16(13)19-20-22)24-10-12-6-8-21(23)9-7-12/h4-9H,10-11H2,1-3H3. The Kier molecular flexibility index (Phi) is 4.45. The summed E-state index contributed by atoms with van der Waals surface area (Å²) < 4.78 is 9.29. The van der Waals surface area contributed by atoms with Gasteiger partial charge in [0, 0.05) is 24.2 Å². The number of hydrogen-bond acceptors (Lipinski definition) is 4. The van der Waals surface area contributed by atoms with Crippen LogP contribution in [0.25, 0.3) is 11.0 Å². The first kappa shape index (κ1) is 16.7. The number of hydrogen-bond donors (Lipinski definition) is 0. The molecule has 0 N–H and O–H groups in total. The Morgan fingerprint density at radius 1 is 1.21 bits per heavy atom. The van der Waals surface area contributed by atoms with E-state index in [0.29, 0.717) is 12.4 Å². The first-order valence-corrected chi connectivity index (χ1v) is 8.45. The third kappa shape index (κ3) is 3.67. The van der Waals surface area contributed by atoms with Gasteiger partial charge in [0.2, 0.25) is 0 Å². The average molecular weight is 391 g/mol. The van der Waals surface area contributed by atoms with Crippen LogP contribution in [0.5, 0.6) is 5.75 Å². The Bertz CT molecular complexity index is 853. The maximum Gasteiger partial charge on any atom is 0.180 e. The van der Waals surface area contributed by atoms with Crippen molar-refractivity contribution >= 4 is 27.0 Å². The van der Waals surface area contributed by atoms with Gasteiger partial charge >= 0.3 is 0 Å². The van der Waals surface area contributed by atoms with Crippen molar-refractivity contribution in [3.05, 3.63) is 51.9 Å². The maximum absolute atomic E-state index is 11.0. The third-order valence-electron chi connectivity index (χ3n) is 3.48. The van der Waals surface area contributed by atoms with Gasteiger partial charge in [-0.3, -0.25) is 0 Å². The maximum atomic E-state index is 11.0. The fourth-order valence-corrected chi connectivity index (χ4v) is 2.89. The molecule has 0 fully saturated rings. The predicted octanol–water partition coefficient (Wildman–Crippen LogP) is 3.45. The quantitative estimate of drug-likeness (QED) is 0.505. The summed E-state index contributed by atoms with van der Waals surface area (Å²) >= 11 is 3.57. The monoisotopic (exact) mass is 390 g/mol. The van der Waals surface area contributed by atoms with Gasteiger partial charge in [0.25, 0.3) is 0 Å². The number of halogens is 1. The topological polar surface area (TPSA) is 66.9 Å². The van der Waals surface area contributed by atoms with Gasteiger partial charge in [-0.15, -0.1) is 5.10 Å². The highest BCUT2D eigenvalue weighted by Crippen LogP contribution is 2.33. The third-order valence-corrected chi connectivity index (χ3v) is 4.25. The van der Waals surface area contributed by atoms with Gasteiger partial charge in [0.1, 0.15) is 17.9 Å². The van der Waals surface area contributed by atoms with E-state index in [9.17, 15) is 5.21 Å². The Morgan fingerprint density at radius 3 is 2.58 bits per heavy atom. The zero-order chi connectivity index (χ0) is 17.3. The van der Waals surface area contributed by atoms with E-state index in [-0.39, 0.29) is 5.41 Å². The molecule has 0 aliphatic carbocycles. The smallest absolute Gasteiger partial charge is 0.180 e. The van der Waals surface area contributed by atoms with E-state index in [1.165, 1.54) is 12.4 Å². The largest absolute Gasteiger partial charge is 0.619 e. The highest BCUT2D eigenvalue weighted by molar-refractivity contribution is 9.10. The summed E-state index contributed by atoms with van der Waals surface area (Å²) in [4.78, 5) is 0. The van der Waals surface area contributed by atoms with Gasteiger partial charge < -0.3 is 9.94 Å². The zero-order valence-electron chi connectivity index (χ0n) is 13.9. The molecule has 0 unspecified atom stereocenters. The Balaban J connectivity index is 1.82. The molecule has 0 atom stereocenters. The SMILES string of the molecule is CC(C)(C)Cn1nnc2c(Br)c(OCc3cc[n+]([O-])cc3)ccc21. The molecule has 0 saturated carbocycles. The van der Waals surface area contributed by atoms with Crippen molar-refractivity contribution in [2.45, 2.75) is 33.9 Å². The fourth-order valence-electron chi connectivity index (χ4n) is 2.36. The second-order valence-electron chi connectivity index (χ2n) is 6.91. The molecule has 1 aromatic carbocycles. The lowest BCUT2D eigenvalue weighted by Crippen LogP contribution is -2.23. The lowest BCUT2D eigenvalue weighted by Gasteiger charge is -2.18. The summed E-state index contributed by atoms with van der Waals surface area (Å²) in [6, 6.07) is 7.35. The average Bonchev–Trinajstić information content (AvgIpc) is 2.90. The first-order valence-electron chi connectivity index (χ1n) is 7.66. The number of pyridine rings is 1. The molecule has 0 saturated heterocycles. The van der Waals surface area contributed by atoms with E-state index in [1.54, 1.807) is 12.1 Å². The molecule has 0 spiro atoms. The summed E-state index contributed by atoms with van der Waals surface area (Å²) in [5.41, 5.74) is 2.79. The van der Waals surface area contributed by atoms with Crippen LogP contribution in [0, 0.1) is 10.6 Å². The molecule has 2 aromatic heterocycles. The van der Waals surface area contributed by atoms with Crippen LogP contribution in [-0.4, -0.2) is 15.0 Å². The molecular formula is C17H19BrN4O2. The normalized spacial score (nSPS) is 11.8. The molecule has 0 aliphatic rings. The van der Waals surface area contributed by atoms with E-state index < -0.39 is 0 Å². The van der Waals surface area contributed by atoms with E-state index in [0.717, 1.165) is 32.3 Å². The molecule has 2 heterocycles. The fraction of sp³-hybridized carbons (Fsp3) is 0.353. The van der Waals surface area contributed by atoms with E-state index >= 15 is 0 Å². The van der Waals surface area contributed by atoms with Gasteiger partial charge in [-0.2, -0.15) is 4.73 Å². The minimum atomic E-state index is 0.119. The van der Waals surface area contributed by atoms with Crippen molar-refractivity contribution < 1.29 is 9.47 Å². The van der Waals surface area contributed by atoms with Gasteiger partial charge in [-0.1, -0.05) is 26.0 Å². The molecule has 126 valence electrons. The molecule has 0 amide bonds. The zero-order valence-corrected chi connectivity index (χ0v) is 15.4. The van der Waals surface area contributed by atoms with E-state index in [1.807, 2.05) is 16.8 Å². The van der Waals surface area contributed by atoms with Crippen molar-refractivity contribution in [1.82, 2.24) is 15.0 Å². The molecule has 24 heavy (non-hydrogen) atoms. The molecule has 3 aromatic rings. The molecule has 6 nitrogen and oxygen atoms in total. The van der Waals surface area contributed by atoms with Crippen molar-refractivity contribution in [2.24, 2.45) is 5.41 Å². The Labute approximate surface area is 148 Å². The summed E-state index contributed by atoms with van der Waals surface area (Å²) in [7, 11) is 0. The first-order chi connectivity index (χ1) is 11.3. The van der Waals surface area contributed by atoms with E-state index in [4.69, 9.17) is 4.74 Å². The number of nitrogens with zero attached hydrogens (tertiary/aromatic N) is 4. The molecule has 0 aliphatic heterocycles. The van der Waals surface area contributed by atoms with Crippen LogP contribution in [-0.2, 0) is 13.2 Å².